The van der Waals surface area contributed by atoms with Gasteiger partial charge in [0.05, 0.1) is 5.60 Å². The summed E-state index contributed by atoms with van der Waals surface area (Å²) in [4.78, 5) is 25.5. The summed E-state index contributed by atoms with van der Waals surface area (Å²) >= 11 is 0. The maximum absolute atomic E-state index is 13.7. The molecule has 3 aliphatic carbocycles. The molecule has 6 unspecified atom stereocenters. The Morgan fingerprint density at radius 3 is 2.59 bits per heavy atom. The smallest absolute Gasteiger partial charge is 0.303 e. The number of ether oxygens (including phenoxy) is 2. The van der Waals surface area contributed by atoms with E-state index >= 15 is 0 Å². The molecule has 0 aromatic carbocycles. The van der Waals surface area contributed by atoms with Gasteiger partial charge in [0.1, 0.15) is 11.7 Å². The second kappa shape index (κ2) is 5.24. The van der Waals surface area contributed by atoms with E-state index in [1.54, 1.807) is 0 Å². The van der Waals surface area contributed by atoms with Crippen molar-refractivity contribution in [2.45, 2.75) is 96.1 Å². The molecule has 0 aromatic rings. The van der Waals surface area contributed by atoms with Crippen LogP contribution >= 0.6 is 0 Å². The van der Waals surface area contributed by atoms with E-state index < -0.39 is 33.7 Å². The summed E-state index contributed by atoms with van der Waals surface area (Å²) in [5.74, 6) is -0.274. The third kappa shape index (κ3) is 1.97. The Labute approximate surface area is 161 Å². The number of Topliss-reactive ketones (excluding diaryl/α,β-unsaturated/α-hetero) is 1. The Bertz CT molecular complexity index is 743. The van der Waals surface area contributed by atoms with Crippen LogP contribution in [0.1, 0.15) is 73.1 Å². The zero-order valence-electron chi connectivity index (χ0n) is 17.2. The van der Waals surface area contributed by atoms with Crippen molar-refractivity contribution in [3.8, 4) is 0 Å². The summed E-state index contributed by atoms with van der Waals surface area (Å²) in [6.07, 6.45) is 3.30. The van der Waals surface area contributed by atoms with Gasteiger partial charge in [-0.1, -0.05) is 34.3 Å². The van der Waals surface area contributed by atoms with E-state index in [4.69, 9.17) is 9.47 Å². The Hall–Kier alpha value is -1.20. The topological polar surface area (TPSA) is 76.1 Å². The Kier molecular flexibility index (Phi) is 3.71. The van der Waals surface area contributed by atoms with E-state index in [1.165, 1.54) is 6.92 Å². The highest BCUT2D eigenvalue weighted by molar-refractivity contribution is 5.95. The van der Waals surface area contributed by atoms with Gasteiger partial charge < -0.3 is 14.6 Å². The van der Waals surface area contributed by atoms with Gasteiger partial charge in [0.25, 0.3) is 0 Å². The van der Waals surface area contributed by atoms with Gasteiger partial charge in [-0.15, -0.1) is 0 Å². The number of hydrogen-bond acceptors (Lipinski definition) is 5. The van der Waals surface area contributed by atoms with Crippen molar-refractivity contribution in [3.05, 3.63) is 12.2 Å². The van der Waals surface area contributed by atoms with Crippen molar-refractivity contribution in [1.29, 1.82) is 0 Å². The molecule has 1 spiro atoms. The van der Waals surface area contributed by atoms with Crippen LogP contribution in [0, 0.1) is 16.7 Å². The molecule has 0 amide bonds. The van der Waals surface area contributed by atoms with E-state index in [2.05, 4.69) is 6.58 Å². The Balaban J connectivity index is 1.86. The van der Waals surface area contributed by atoms with E-state index in [1.807, 2.05) is 27.7 Å². The van der Waals surface area contributed by atoms with Crippen LogP contribution in [0.25, 0.3) is 0 Å². The number of rotatable bonds is 2. The number of fused-ring (bicyclic) bond motifs is 1. The van der Waals surface area contributed by atoms with Gasteiger partial charge in [0.2, 0.25) is 0 Å². The maximum Gasteiger partial charge on any atom is 0.303 e. The molecule has 4 rings (SSSR count). The van der Waals surface area contributed by atoms with Crippen LogP contribution in [0.4, 0.5) is 0 Å². The monoisotopic (exact) mass is 376 g/mol. The van der Waals surface area contributed by atoms with Crippen LogP contribution in [0.2, 0.25) is 0 Å². The van der Waals surface area contributed by atoms with Crippen molar-refractivity contribution in [2.24, 2.45) is 16.7 Å². The van der Waals surface area contributed by atoms with Crippen LogP contribution in [0.5, 0.6) is 0 Å². The van der Waals surface area contributed by atoms with E-state index in [0.717, 1.165) is 24.8 Å². The van der Waals surface area contributed by atoms with Crippen LogP contribution in [0.15, 0.2) is 12.2 Å². The molecule has 0 aromatic heterocycles. The summed E-state index contributed by atoms with van der Waals surface area (Å²) in [5, 5.41) is 11.8. The van der Waals surface area contributed by atoms with Gasteiger partial charge in [-0.05, 0) is 43.6 Å². The molecule has 4 aliphatic rings. The largest absolute Gasteiger partial charge is 0.459 e. The number of hydrogen-bond donors (Lipinski definition) is 1. The number of carbonyl (C=O) groups is 2. The predicted octanol–water partition coefficient (Wildman–Crippen LogP) is 3.33. The van der Waals surface area contributed by atoms with E-state index in [-0.39, 0.29) is 24.1 Å². The first-order chi connectivity index (χ1) is 12.4. The Morgan fingerprint density at radius 2 is 2.00 bits per heavy atom. The van der Waals surface area contributed by atoms with Crippen LogP contribution < -0.4 is 0 Å². The summed E-state index contributed by atoms with van der Waals surface area (Å²) in [7, 11) is 0. The third-order valence-electron chi connectivity index (χ3n) is 8.34. The number of carbonyl (C=O) groups excluding carboxylic acids is 2. The molecular formula is C22H32O5. The molecule has 0 bridgehead atoms. The third-order valence-corrected chi connectivity index (χ3v) is 8.34. The quantitative estimate of drug-likeness (QED) is 0.454. The molecule has 6 atom stereocenters. The zero-order valence-corrected chi connectivity index (χ0v) is 17.2. The van der Waals surface area contributed by atoms with Gasteiger partial charge in [-0.2, -0.15) is 0 Å². The lowest BCUT2D eigenvalue weighted by Gasteiger charge is -2.50. The molecule has 150 valence electrons. The van der Waals surface area contributed by atoms with Crippen LogP contribution in [0.3, 0.4) is 0 Å². The summed E-state index contributed by atoms with van der Waals surface area (Å²) in [5.41, 5.74) is -3.15. The highest BCUT2D eigenvalue weighted by Crippen LogP contribution is 2.76. The molecule has 0 radical (unpaired) electrons. The van der Waals surface area contributed by atoms with Crippen molar-refractivity contribution in [2.75, 3.05) is 0 Å². The molecular weight excluding hydrogens is 344 g/mol. The summed E-state index contributed by atoms with van der Waals surface area (Å²) < 4.78 is 12.0. The molecule has 1 saturated heterocycles. The highest BCUT2D eigenvalue weighted by atomic mass is 16.7. The van der Waals surface area contributed by atoms with Gasteiger partial charge in [0, 0.05) is 24.2 Å². The molecule has 5 nitrogen and oxygen atoms in total. The Morgan fingerprint density at radius 1 is 1.33 bits per heavy atom. The first-order valence-corrected chi connectivity index (χ1v) is 10.2. The highest BCUT2D eigenvalue weighted by Gasteiger charge is 2.91. The van der Waals surface area contributed by atoms with Crippen LogP contribution in [-0.4, -0.2) is 39.8 Å². The fourth-order valence-corrected chi connectivity index (χ4v) is 7.00. The maximum atomic E-state index is 13.7. The lowest BCUT2D eigenvalue weighted by atomic mass is 9.57. The van der Waals surface area contributed by atoms with E-state index in [9.17, 15) is 14.7 Å². The molecule has 1 N–H and O–H groups in total. The first kappa shape index (κ1) is 19.1. The summed E-state index contributed by atoms with van der Waals surface area (Å²) in [6.45, 7) is 13.7. The van der Waals surface area contributed by atoms with Gasteiger partial charge in [0.15, 0.2) is 11.4 Å². The minimum atomic E-state index is -1.10. The average molecular weight is 376 g/mol. The molecule has 1 heterocycles. The minimum absolute atomic E-state index is 0.0263. The first-order valence-electron chi connectivity index (χ1n) is 10.2. The number of ketones is 1. The lowest BCUT2D eigenvalue weighted by molar-refractivity contribution is -0.154. The van der Waals surface area contributed by atoms with Gasteiger partial charge in [-0.25, -0.2) is 0 Å². The van der Waals surface area contributed by atoms with Crippen molar-refractivity contribution in [3.63, 3.8) is 0 Å². The van der Waals surface area contributed by atoms with Crippen molar-refractivity contribution < 1.29 is 24.2 Å². The van der Waals surface area contributed by atoms with Gasteiger partial charge in [-0.3, -0.25) is 9.59 Å². The number of aliphatic hydroxyl groups is 1. The fraction of sp³-hybridized carbons (Fsp3) is 0.818. The molecule has 4 fully saturated rings. The SMILES string of the molecule is C=C1CCCC2(C)CC(=O)C34OC3(C(C)C)C(OC(C)=O)CC4(C)CC12O. The number of esters is 1. The predicted molar refractivity (Wildman–Crippen MR) is 100.0 cm³/mol. The van der Waals surface area contributed by atoms with Crippen LogP contribution in [-0.2, 0) is 19.1 Å². The minimum Gasteiger partial charge on any atom is -0.459 e. The van der Waals surface area contributed by atoms with Crippen molar-refractivity contribution in [1.82, 2.24) is 0 Å². The normalized spacial score (nSPS) is 51.3. The second-order valence-corrected chi connectivity index (χ2v) is 10.2. The molecule has 3 saturated carbocycles. The van der Waals surface area contributed by atoms with Crippen molar-refractivity contribution >= 4 is 11.8 Å². The summed E-state index contributed by atoms with van der Waals surface area (Å²) in [6, 6.07) is 0. The van der Waals surface area contributed by atoms with Gasteiger partial charge >= 0.3 is 5.97 Å². The standard InChI is InChI=1S/C22H32O5/c1-13(2)21-17(26-15(4)23)11-19(6)12-20(25)14(3)8-7-9-18(20,5)10-16(24)22(19,21)27-21/h13,17,25H,3,7-12H2,1-2,4-6H3. The lowest BCUT2D eigenvalue weighted by Crippen LogP contribution is -2.52. The zero-order chi connectivity index (χ0) is 20.0. The second-order valence-electron chi connectivity index (χ2n) is 10.2. The molecule has 27 heavy (non-hydrogen) atoms. The van der Waals surface area contributed by atoms with E-state index in [0.29, 0.717) is 12.8 Å². The molecule has 5 heteroatoms. The average Bonchev–Trinajstić information content (AvgIpc) is 3.21. The fourth-order valence-electron chi connectivity index (χ4n) is 7.00. The molecule has 1 aliphatic heterocycles. The number of epoxide rings is 1.